The van der Waals surface area contributed by atoms with Crippen LogP contribution in [0, 0.1) is 11.8 Å². The molecule has 1 saturated heterocycles. The number of allylic oxidation sites excluding steroid dienone is 6. The van der Waals surface area contributed by atoms with Gasteiger partial charge in [-0.3, -0.25) is 4.79 Å². The van der Waals surface area contributed by atoms with Crippen LogP contribution in [0.1, 0.15) is 88.5 Å². The van der Waals surface area contributed by atoms with Gasteiger partial charge in [0.05, 0.1) is 4.91 Å². The minimum absolute atomic E-state index is 0.00928. The lowest BCUT2D eigenvalue weighted by atomic mass is 10.2. The van der Waals surface area contributed by atoms with E-state index in [0.717, 1.165) is 47.6 Å². The number of nitrogens with zero attached hydrogens (tertiary/aromatic N) is 1. The number of carbonyl (C=O) groups excluding carboxylic acids is 2. The number of hydrogen-bond donors (Lipinski definition) is 1. The monoisotopic (exact) mass is 506 g/mol. The van der Waals surface area contributed by atoms with E-state index in [-0.39, 0.29) is 17.6 Å². The van der Waals surface area contributed by atoms with E-state index in [1.807, 2.05) is 72.4 Å². The number of amides is 2. The maximum absolute atomic E-state index is 12.1. The molecule has 0 aromatic heterocycles. The fourth-order valence-electron chi connectivity index (χ4n) is 3.41. The van der Waals surface area contributed by atoms with Crippen molar-refractivity contribution in [1.29, 1.82) is 0 Å². The van der Waals surface area contributed by atoms with E-state index in [1.54, 1.807) is 11.8 Å². The topological polar surface area (TPSA) is 58.6 Å². The Bertz CT molecular complexity index is 765. The van der Waals surface area contributed by atoms with E-state index in [4.69, 9.17) is 4.74 Å². The van der Waals surface area contributed by atoms with Crippen LogP contribution >= 0.6 is 11.8 Å². The molecular weight excluding hydrogens is 456 g/mol. The van der Waals surface area contributed by atoms with Crippen molar-refractivity contribution in [3.8, 4) is 0 Å². The molecule has 0 aromatic rings. The highest BCUT2D eigenvalue weighted by molar-refractivity contribution is 8.07. The highest BCUT2D eigenvalue weighted by Gasteiger charge is 2.47. The fraction of sp³-hybridized carbons (Fsp3) is 0.655. The first-order valence-corrected chi connectivity index (χ1v) is 14.0. The van der Waals surface area contributed by atoms with Crippen molar-refractivity contribution >= 4 is 23.8 Å². The summed E-state index contributed by atoms with van der Waals surface area (Å²) in [6.07, 6.45) is 13.3. The Balaban J connectivity index is 0.000000657. The zero-order valence-electron chi connectivity index (χ0n) is 23.9. The molecule has 2 unspecified atom stereocenters. The summed E-state index contributed by atoms with van der Waals surface area (Å²) >= 11 is 1.54. The number of likely N-dealkylation sites (N-methyl/N-ethyl adjacent to an activating group) is 1. The van der Waals surface area contributed by atoms with Crippen molar-refractivity contribution in [2.24, 2.45) is 11.8 Å². The largest absolute Gasteiger partial charge is 0.444 e. The fourth-order valence-corrected chi connectivity index (χ4v) is 4.45. The van der Waals surface area contributed by atoms with Crippen LogP contribution in [0.2, 0.25) is 0 Å². The number of ether oxygens (including phenoxy) is 1. The Morgan fingerprint density at radius 2 is 1.66 bits per heavy atom. The number of nitrogens with one attached hydrogen (secondary N) is 1. The van der Waals surface area contributed by atoms with Gasteiger partial charge in [0.1, 0.15) is 5.60 Å². The minimum Gasteiger partial charge on any atom is -0.444 e. The highest BCUT2D eigenvalue weighted by atomic mass is 32.2. The third kappa shape index (κ3) is 13.6. The number of carbonyl (C=O) groups is 2. The number of likely N-dealkylation sites (tertiary alicyclic amines) is 1. The molecule has 0 bridgehead atoms. The molecule has 1 aliphatic heterocycles. The Hall–Kier alpha value is -1.95. The van der Waals surface area contributed by atoms with Crippen LogP contribution in [0.4, 0.5) is 4.79 Å². The smallest absolute Gasteiger partial charge is 0.410 e. The van der Waals surface area contributed by atoms with E-state index < -0.39 is 0 Å². The van der Waals surface area contributed by atoms with Crippen molar-refractivity contribution in [3.63, 3.8) is 0 Å². The first-order chi connectivity index (χ1) is 16.6. The Morgan fingerprint density at radius 1 is 1.06 bits per heavy atom. The van der Waals surface area contributed by atoms with E-state index in [1.165, 1.54) is 12.0 Å². The molecule has 2 rings (SSSR count). The SMILES string of the molecule is CC.CC(C)(C)OC(=O)N1CC2CC2C1.C\C=C/C(C)=C(\C=C\CC)S/C(=C/CC)C(=O)NCC. The van der Waals surface area contributed by atoms with Gasteiger partial charge in [0.25, 0.3) is 5.91 Å². The lowest BCUT2D eigenvalue weighted by Crippen LogP contribution is -2.36. The molecule has 2 atom stereocenters. The van der Waals surface area contributed by atoms with E-state index in [0.29, 0.717) is 6.54 Å². The molecular formula is C29H50N2O3S. The molecule has 0 aromatic carbocycles. The van der Waals surface area contributed by atoms with Crippen molar-refractivity contribution in [3.05, 3.63) is 45.8 Å². The summed E-state index contributed by atoms with van der Waals surface area (Å²) in [5, 5.41) is 2.87. The molecule has 2 aliphatic rings. The third-order valence-electron chi connectivity index (χ3n) is 5.11. The van der Waals surface area contributed by atoms with Crippen molar-refractivity contribution in [2.45, 2.75) is 94.1 Å². The van der Waals surface area contributed by atoms with Gasteiger partial charge < -0.3 is 15.0 Å². The zero-order valence-corrected chi connectivity index (χ0v) is 24.7. The van der Waals surface area contributed by atoms with Crippen LogP contribution in [0.5, 0.6) is 0 Å². The van der Waals surface area contributed by atoms with Crippen molar-refractivity contribution in [2.75, 3.05) is 19.6 Å². The van der Waals surface area contributed by atoms with Gasteiger partial charge in [-0.05, 0) is 78.2 Å². The zero-order chi connectivity index (χ0) is 27.0. The lowest BCUT2D eigenvalue weighted by Gasteiger charge is -2.25. The van der Waals surface area contributed by atoms with Gasteiger partial charge >= 0.3 is 6.09 Å². The number of rotatable bonds is 8. The summed E-state index contributed by atoms with van der Waals surface area (Å²) in [4.78, 5) is 27.3. The van der Waals surface area contributed by atoms with Crippen LogP contribution in [0.15, 0.2) is 45.8 Å². The van der Waals surface area contributed by atoms with Gasteiger partial charge in [0, 0.05) is 24.5 Å². The minimum atomic E-state index is -0.357. The second kappa shape index (κ2) is 17.5. The summed E-state index contributed by atoms with van der Waals surface area (Å²) in [5.41, 5.74) is 0.817. The molecule has 2 amide bonds. The molecule has 35 heavy (non-hydrogen) atoms. The standard InChI is InChI=1S/C17H27NOS.C10H17NO2.C2H6/c1-6-10-13-15(14(5)11-7-2)20-16(12-8-3)17(19)18-9-4;1-10(2,3)13-9(12)11-5-7-4-8(7)6-11;1-2/h7,10-13H,6,8-9H2,1-5H3,(H,18,19);7-8H,4-6H2,1-3H3;1-2H3/b11-7-,13-10+,15-14+,16-12+;;. The number of fused-ring (bicyclic) bond motifs is 1. The summed E-state index contributed by atoms with van der Waals surface area (Å²) < 4.78 is 5.28. The van der Waals surface area contributed by atoms with Crippen LogP contribution in [-0.2, 0) is 9.53 Å². The lowest BCUT2D eigenvalue weighted by molar-refractivity contribution is -0.116. The molecule has 1 saturated carbocycles. The van der Waals surface area contributed by atoms with Crippen LogP contribution in [0.3, 0.4) is 0 Å². The van der Waals surface area contributed by atoms with E-state index in [9.17, 15) is 9.59 Å². The summed E-state index contributed by atoms with van der Waals surface area (Å²) in [5.74, 6) is 1.58. The predicted octanol–water partition coefficient (Wildman–Crippen LogP) is 7.87. The molecule has 2 fully saturated rings. The highest BCUT2D eigenvalue weighted by Crippen LogP contribution is 2.45. The number of thioether (sulfide) groups is 1. The first-order valence-electron chi connectivity index (χ1n) is 13.2. The van der Waals surface area contributed by atoms with Gasteiger partial charge in [-0.2, -0.15) is 0 Å². The maximum Gasteiger partial charge on any atom is 0.410 e. The van der Waals surface area contributed by atoms with Crippen LogP contribution in [-0.4, -0.2) is 42.1 Å². The molecule has 1 heterocycles. The Labute approximate surface area is 219 Å². The molecule has 5 nitrogen and oxygen atoms in total. The number of hydrogen-bond acceptors (Lipinski definition) is 4. The molecule has 0 spiro atoms. The molecule has 1 aliphatic carbocycles. The van der Waals surface area contributed by atoms with E-state index in [2.05, 4.69) is 37.4 Å². The van der Waals surface area contributed by atoms with Gasteiger partial charge in [0.2, 0.25) is 0 Å². The number of piperidine rings is 1. The quantitative estimate of drug-likeness (QED) is 0.269. The van der Waals surface area contributed by atoms with Gasteiger partial charge in [-0.25, -0.2) is 4.79 Å². The molecule has 6 heteroatoms. The third-order valence-corrected chi connectivity index (χ3v) is 6.36. The molecule has 200 valence electrons. The second-order valence-electron chi connectivity index (χ2n) is 9.44. The van der Waals surface area contributed by atoms with Crippen molar-refractivity contribution < 1.29 is 14.3 Å². The van der Waals surface area contributed by atoms with Gasteiger partial charge in [-0.15, -0.1) is 0 Å². The average molecular weight is 507 g/mol. The summed E-state index contributed by atoms with van der Waals surface area (Å²) in [7, 11) is 0. The van der Waals surface area contributed by atoms with Gasteiger partial charge in [0.15, 0.2) is 0 Å². The second-order valence-corrected chi connectivity index (χ2v) is 10.5. The summed E-state index contributed by atoms with van der Waals surface area (Å²) in [6, 6.07) is 0. The van der Waals surface area contributed by atoms with E-state index >= 15 is 0 Å². The average Bonchev–Trinajstić information content (AvgIpc) is 3.41. The normalized spacial score (nSPS) is 19.8. The Kier molecular flexibility index (Phi) is 16.5. The van der Waals surface area contributed by atoms with Crippen molar-refractivity contribution in [1.82, 2.24) is 10.2 Å². The van der Waals surface area contributed by atoms with Crippen LogP contribution < -0.4 is 5.32 Å². The maximum atomic E-state index is 12.1. The molecule has 0 radical (unpaired) electrons. The Morgan fingerprint density at radius 3 is 2.11 bits per heavy atom. The van der Waals surface area contributed by atoms with Crippen LogP contribution in [0.25, 0.3) is 0 Å². The first kappa shape index (κ1) is 33.0. The molecule has 1 N–H and O–H groups in total. The predicted molar refractivity (Wildman–Crippen MR) is 152 cm³/mol. The van der Waals surface area contributed by atoms with Gasteiger partial charge in [-0.1, -0.05) is 69.8 Å². The summed E-state index contributed by atoms with van der Waals surface area (Å²) in [6.45, 7) is 22.4.